The molecule has 1 aromatic heterocycles. The lowest BCUT2D eigenvalue weighted by Gasteiger charge is -2.08. The largest absolute Gasteiger partial charge is 0.494 e. The van der Waals surface area contributed by atoms with E-state index >= 15 is 0 Å². The lowest BCUT2D eigenvalue weighted by Crippen LogP contribution is -2.28. The fourth-order valence-electron chi connectivity index (χ4n) is 2.33. The maximum atomic E-state index is 12.0. The number of amides is 2. The van der Waals surface area contributed by atoms with Gasteiger partial charge in [0.05, 0.1) is 18.5 Å². The van der Waals surface area contributed by atoms with Gasteiger partial charge in [0.2, 0.25) is 0 Å². The summed E-state index contributed by atoms with van der Waals surface area (Å²) in [5.41, 5.74) is 2.61. The number of para-hydroxylation sites is 1. The Kier molecular flexibility index (Phi) is 5.31. The highest BCUT2D eigenvalue weighted by molar-refractivity contribution is 5.89. The van der Waals surface area contributed by atoms with Gasteiger partial charge in [-0.15, -0.1) is 0 Å². The molecule has 0 fully saturated rings. The van der Waals surface area contributed by atoms with Crippen LogP contribution < -0.4 is 15.4 Å². The first-order chi connectivity index (χ1) is 12.2. The number of carbonyl (C=O) groups excluding carboxylic acids is 1. The Bertz CT molecular complexity index is 813. The lowest BCUT2D eigenvalue weighted by molar-refractivity contribution is 0.251. The van der Waals surface area contributed by atoms with E-state index in [4.69, 9.17) is 4.74 Å². The Morgan fingerprint density at radius 1 is 1.12 bits per heavy atom. The topological polar surface area (TPSA) is 68.2 Å². The Hall–Kier alpha value is -3.28. The van der Waals surface area contributed by atoms with Crippen molar-refractivity contribution in [3.63, 3.8) is 0 Å². The molecular weight excluding hydrogens is 316 g/mol. The highest BCUT2D eigenvalue weighted by Crippen LogP contribution is 2.15. The second-order valence-corrected chi connectivity index (χ2v) is 5.39. The van der Waals surface area contributed by atoms with Gasteiger partial charge in [-0.25, -0.2) is 9.48 Å². The van der Waals surface area contributed by atoms with Gasteiger partial charge in [0.15, 0.2) is 0 Å². The molecule has 1 heterocycles. The van der Waals surface area contributed by atoms with Crippen molar-refractivity contribution in [1.29, 1.82) is 0 Å². The molecule has 2 N–H and O–H groups in total. The van der Waals surface area contributed by atoms with Crippen LogP contribution in [0.3, 0.4) is 0 Å². The van der Waals surface area contributed by atoms with Crippen molar-refractivity contribution in [2.75, 3.05) is 11.9 Å². The smallest absolute Gasteiger partial charge is 0.319 e. The molecule has 0 radical (unpaired) electrons. The van der Waals surface area contributed by atoms with Crippen molar-refractivity contribution in [2.24, 2.45) is 0 Å². The zero-order valence-corrected chi connectivity index (χ0v) is 14.0. The first kappa shape index (κ1) is 16.6. The lowest BCUT2D eigenvalue weighted by atomic mass is 10.3. The van der Waals surface area contributed by atoms with Gasteiger partial charge in [-0.3, -0.25) is 0 Å². The summed E-state index contributed by atoms with van der Waals surface area (Å²) < 4.78 is 7.15. The number of urea groups is 1. The molecule has 25 heavy (non-hydrogen) atoms. The van der Waals surface area contributed by atoms with Crippen molar-refractivity contribution in [3.05, 3.63) is 72.6 Å². The fraction of sp³-hybridized carbons (Fsp3) is 0.158. The molecule has 0 aliphatic rings. The number of carbonyl (C=O) groups is 1. The summed E-state index contributed by atoms with van der Waals surface area (Å²) >= 11 is 0. The van der Waals surface area contributed by atoms with Crippen LogP contribution in [0.15, 0.2) is 67.0 Å². The van der Waals surface area contributed by atoms with Crippen molar-refractivity contribution >= 4 is 11.7 Å². The highest BCUT2D eigenvalue weighted by Gasteiger charge is 2.04. The standard InChI is InChI=1S/C19H20N4O2/c1-2-25-18-10-8-16(9-11-18)22-19(24)20-12-15-13-21-23(14-15)17-6-4-3-5-7-17/h3-11,13-14H,2,12H2,1H3,(H2,20,22,24). The Balaban J connectivity index is 1.51. The summed E-state index contributed by atoms with van der Waals surface area (Å²) in [5.74, 6) is 0.779. The number of anilines is 1. The van der Waals surface area contributed by atoms with Gasteiger partial charge in [-0.05, 0) is 43.3 Å². The fourth-order valence-corrected chi connectivity index (χ4v) is 2.33. The molecule has 2 amide bonds. The summed E-state index contributed by atoms with van der Waals surface area (Å²) in [5, 5.41) is 9.91. The number of nitrogens with zero attached hydrogens (tertiary/aromatic N) is 2. The molecule has 3 rings (SSSR count). The third kappa shape index (κ3) is 4.60. The molecule has 0 aliphatic carbocycles. The van der Waals surface area contributed by atoms with Crippen molar-refractivity contribution < 1.29 is 9.53 Å². The quantitative estimate of drug-likeness (QED) is 0.723. The van der Waals surface area contributed by atoms with Gasteiger partial charge in [-0.1, -0.05) is 18.2 Å². The number of hydrogen-bond acceptors (Lipinski definition) is 3. The molecule has 3 aromatic rings. The van der Waals surface area contributed by atoms with Crippen LogP contribution in [-0.2, 0) is 6.54 Å². The summed E-state index contributed by atoms with van der Waals surface area (Å²) in [7, 11) is 0. The van der Waals surface area contributed by atoms with Crippen LogP contribution in [0.1, 0.15) is 12.5 Å². The maximum absolute atomic E-state index is 12.0. The average Bonchev–Trinajstić information content (AvgIpc) is 3.12. The molecule has 6 heteroatoms. The van der Waals surface area contributed by atoms with Crippen LogP contribution in [0.4, 0.5) is 10.5 Å². The normalized spacial score (nSPS) is 10.3. The maximum Gasteiger partial charge on any atom is 0.319 e. The number of benzene rings is 2. The molecule has 0 saturated heterocycles. The van der Waals surface area contributed by atoms with Crippen molar-refractivity contribution in [3.8, 4) is 11.4 Å². The molecule has 0 atom stereocenters. The van der Waals surface area contributed by atoms with E-state index in [1.807, 2.05) is 55.6 Å². The van der Waals surface area contributed by atoms with E-state index in [9.17, 15) is 4.79 Å². The molecule has 6 nitrogen and oxygen atoms in total. The zero-order chi connectivity index (χ0) is 17.5. The predicted molar refractivity (Wildman–Crippen MR) is 97.0 cm³/mol. The van der Waals surface area contributed by atoms with Gasteiger partial charge in [-0.2, -0.15) is 5.10 Å². The van der Waals surface area contributed by atoms with E-state index in [0.29, 0.717) is 18.8 Å². The minimum absolute atomic E-state index is 0.267. The second-order valence-electron chi connectivity index (χ2n) is 5.39. The van der Waals surface area contributed by atoms with Gasteiger partial charge >= 0.3 is 6.03 Å². The number of aromatic nitrogens is 2. The Labute approximate surface area is 146 Å². The van der Waals surface area contributed by atoms with Crippen molar-refractivity contribution in [2.45, 2.75) is 13.5 Å². The van der Waals surface area contributed by atoms with Gasteiger partial charge in [0, 0.05) is 24.0 Å². The third-order valence-corrected chi connectivity index (χ3v) is 3.53. The van der Waals surface area contributed by atoms with E-state index < -0.39 is 0 Å². The summed E-state index contributed by atoms with van der Waals surface area (Å²) in [6, 6.07) is 16.8. The monoisotopic (exact) mass is 336 g/mol. The van der Waals surface area contributed by atoms with Crippen LogP contribution in [-0.4, -0.2) is 22.4 Å². The SMILES string of the molecule is CCOc1ccc(NC(=O)NCc2cnn(-c3ccccc3)c2)cc1. The second kappa shape index (κ2) is 8.01. The minimum Gasteiger partial charge on any atom is -0.494 e. The van der Waals surface area contributed by atoms with E-state index in [2.05, 4.69) is 15.7 Å². The number of ether oxygens (including phenoxy) is 1. The van der Waals surface area contributed by atoms with E-state index in [1.165, 1.54) is 0 Å². The van der Waals surface area contributed by atoms with E-state index in [0.717, 1.165) is 17.0 Å². The van der Waals surface area contributed by atoms with Crippen LogP contribution in [0, 0.1) is 0 Å². The first-order valence-electron chi connectivity index (χ1n) is 8.11. The Morgan fingerprint density at radius 3 is 2.60 bits per heavy atom. The summed E-state index contributed by atoms with van der Waals surface area (Å²) in [6.07, 6.45) is 3.64. The highest BCUT2D eigenvalue weighted by atomic mass is 16.5. The van der Waals surface area contributed by atoms with Gasteiger partial charge < -0.3 is 15.4 Å². The molecular formula is C19H20N4O2. The first-order valence-corrected chi connectivity index (χ1v) is 8.11. The zero-order valence-electron chi connectivity index (χ0n) is 14.0. The van der Waals surface area contributed by atoms with E-state index in [1.54, 1.807) is 23.0 Å². The minimum atomic E-state index is -0.267. The third-order valence-electron chi connectivity index (χ3n) is 3.53. The molecule has 0 saturated carbocycles. The summed E-state index contributed by atoms with van der Waals surface area (Å²) in [6.45, 7) is 2.94. The molecule has 0 bridgehead atoms. The molecule has 2 aromatic carbocycles. The average molecular weight is 336 g/mol. The van der Waals surface area contributed by atoms with Crippen LogP contribution in [0.2, 0.25) is 0 Å². The molecule has 0 spiro atoms. The molecule has 128 valence electrons. The van der Waals surface area contributed by atoms with Gasteiger partial charge in [0.1, 0.15) is 5.75 Å². The number of nitrogens with one attached hydrogen (secondary N) is 2. The van der Waals surface area contributed by atoms with E-state index in [-0.39, 0.29) is 6.03 Å². The summed E-state index contributed by atoms with van der Waals surface area (Å²) in [4.78, 5) is 12.0. The number of hydrogen-bond donors (Lipinski definition) is 2. The molecule has 0 unspecified atom stereocenters. The van der Waals surface area contributed by atoms with Crippen LogP contribution >= 0.6 is 0 Å². The Morgan fingerprint density at radius 2 is 1.88 bits per heavy atom. The van der Waals surface area contributed by atoms with Crippen LogP contribution in [0.25, 0.3) is 5.69 Å². The number of rotatable bonds is 6. The van der Waals surface area contributed by atoms with Gasteiger partial charge in [0.25, 0.3) is 0 Å². The van der Waals surface area contributed by atoms with Crippen molar-refractivity contribution in [1.82, 2.24) is 15.1 Å². The van der Waals surface area contributed by atoms with Crippen LogP contribution in [0.5, 0.6) is 5.75 Å². The predicted octanol–water partition coefficient (Wildman–Crippen LogP) is 3.59. The molecule has 0 aliphatic heterocycles.